The molecule has 1 aliphatic rings. The van der Waals surface area contributed by atoms with Gasteiger partial charge in [-0.2, -0.15) is 0 Å². The minimum Gasteiger partial charge on any atom is -0.450 e. The minimum absolute atomic E-state index is 0.00789. The van der Waals surface area contributed by atoms with Crippen LogP contribution in [0.2, 0.25) is 0 Å². The smallest absolute Gasteiger partial charge is 0.291 e. The number of likely N-dealkylation sites (N-methyl/N-ethyl adjacent to an activating group) is 1. The van der Waals surface area contributed by atoms with E-state index in [0.717, 1.165) is 6.07 Å². The molecule has 0 unspecified atom stereocenters. The highest BCUT2D eigenvalue weighted by atomic mass is 19.1. The Morgan fingerprint density at radius 2 is 2.04 bits per heavy atom. The van der Waals surface area contributed by atoms with Gasteiger partial charge in [0, 0.05) is 19.3 Å². The maximum Gasteiger partial charge on any atom is 0.291 e. The summed E-state index contributed by atoms with van der Waals surface area (Å²) in [4.78, 5) is 34.1. The number of pyridine rings is 1. The molecule has 0 saturated heterocycles. The maximum absolute atomic E-state index is 13.7. The number of nitrogens with zero attached hydrogens (tertiary/aromatic N) is 3. The quantitative estimate of drug-likeness (QED) is 0.709. The van der Waals surface area contributed by atoms with Crippen molar-refractivity contribution in [1.82, 2.24) is 14.8 Å². The number of carbonyl (C=O) groups is 1. The van der Waals surface area contributed by atoms with Crippen molar-refractivity contribution < 1.29 is 13.6 Å². The number of amides is 1. The first-order valence-corrected chi connectivity index (χ1v) is 8.60. The summed E-state index contributed by atoms with van der Waals surface area (Å²) in [7, 11) is 3.81. The highest BCUT2D eigenvalue weighted by molar-refractivity contribution is 5.99. The monoisotopic (exact) mass is 367 g/mol. The van der Waals surface area contributed by atoms with E-state index in [-0.39, 0.29) is 28.2 Å². The van der Waals surface area contributed by atoms with E-state index in [0.29, 0.717) is 18.8 Å². The molecule has 138 valence electrons. The Bertz CT molecular complexity index is 1080. The van der Waals surface area contributed by atoms with E-state index in [4.69, 9.17) is 4.42 Å². The summed E-state index contributed by atoms with van der Waals surface area (Å²) in [5.74, 6) is -0.878. The topological polar surface area (TPSA) is 66.7 Å². The van der Waals surface area contributed by atoms with Gasteiger partial charge in [0.1, 0.15) is 17.4 Å². The molecule has 1 aliphatic heterocycles. The normalized spacial score (nSPS) is 16.4. The number of fused-ring (bicyclic) bond motifs is 2. The van der Waals surface area contributed by atoms with Crippen LogP contribution in [0.4, 0.5) is 4.39 Å². The fraction of sp³-hybridized carbons (Fsp3) is 0.250. The van der Waals surface area contributed by atoms with Crippen LogP contribution in [-0.4, -0.2) is 47.9 Å². The van der Waals surface area contributed by atoms with Crippen LogP contribution in [0.5, 0.6) is 0 Å². The number of hydrogen-bond donors (Lipinski definition) is 0. The standard InChI is InChI=1S/C20H18FN3O3/c1-23(2)9-10-24-17(14-5-3-4-8-22-14)16-18(25)13-11-12(21)6-7-15(13)27-19(16)20(24)26/h3-8,11,17H,9-10H2,1-2H3/t17-/m1/s1. The van der Waals surface area contributed by atoms with Gasteiger partial charge in [0.15, 0.2) is 5.43 Å². The van der Waals surface area contributed by atoms with E-state index in [2.05, 4.69) is 4.98 Å². The van der Waals surface area contributed by atoms with Crippen LogP contribution in [0, 0.1) is 5.82 Å². The van der Waals surface area contributed by atoms with Gasteiger partial charge in [-0.05, 0) is 44.4 Å². The van der Waals surface area contributed by atoms with E-state index >= 15 is 0 Å². The number of hydrogen-bond acceptors (Lipinski definition) is 5. The molecule has 3 heterocycles. The van der Waals surface area contributed by atoms with E-state index in [1.807, 2.05) is 19.0 Å². The molecule has 2 aromatic heterocycles. The number of carbonyl (C=O) groups excluding carboxylic acids is 1. The molecule has 0 spiro atoms. The number of benzene rings is 1. The molecule has 0 saturated carbocycles. The van der Waals surface area contributed by atoms with Crippen LogP contribution in [0.25, 0.3) is 11.0 Å². The molecule has 0 N–H and O–H groups in total. The summed E-state index contributed by atoms with van der Waals surface area (Å²) in [6.45, 7) is 1.02. The van der Waals surface area contributed by atoms with Gasteiger partial charge in [0.25, 0.3) is 5.91 Å². The Morgan fingerprint density at radius 1 is 1.22 bits per heavy atom. The van der Waals surface area contributed by atoms with Crippen LogP contribution in [-0.2, 0) is 0 Å². The Kier molecular flexibility index (Phi) is 4.24. The summed E-state index contributed by atoms with van der Waals surface area (Å²) in [6.07, 6.45) is 1.62. The predicted molar refractivity (Wildman–Crippen MR) is 98.1 cm³/mol. The van der Waals surface area contributed by atoms with Gasteiger partial charge < -0.3 is 14.2 Å². The average molecular weight is 367 g/mol. The summed E-state index contributed by atoms with van der Waals surface area (Å²) in [5.41, 5.74) is 0.590. The van der Waals surface area contributed by atoms with Crippen molar-refractivity contribution in [2.75, 3.05) is 27.2 Å². The predicted octanol–water partition coefficient (Wildman–Crippen LogP) is 2.43. The molecule has 27 heavy (non-hydrogen) atoms. The van der Waals surface area contributed by atoms with Crippen molar-refractivity contribution in [3.63, 3.8) is 0 Å². The molecular formula is C20H18FN3O3. The van der Waals surface area contributed by atoms with E-state index < -0.39 is 17.3 Å². The zero-order chi connectivity index (χ0) is 19.1. The third-order valence-electron chi connectivity index (χ3n) is 4.68. The lowest BCUT2D eigenvalue weighted by Crippen LogP contribution is -2.35. The van der Waals surface area contributed by atoms with Gasteiger partial charge >= 0.3 is 0 Å². The highest BCUT2D eigenvalue weighted by Crippen LogP contribution is 2.37. The number of halogens is 1. The largest absolute Gasteiger partial charge is 0.450 e. The molecule has 4 rings (SSSR count). The van der Waals surface area contributed by atoms with Crippen molar-refractivity contribution in [1.29, 1.82) is 0 Å². The molecule has 1 atom stereocenters. The summed E-state index contributed by atoms with van der Waals surface area (Å²) in [6, 6.07) is 8.41. The third-order valence-corrected chi connectivity index (χ3v) is 4.68. The van der Waals surface area contributed by atoms with E-state index in [1.54, 1.807) is 29.3 Å². The van der Waals surface area contributed by atoms with Gasteiger partial charge in [-0.25, -0.2) is 4.39 Å². The molecule has 0 radical (unpaired) electrons. The summed E-state index contributed by atoms with van der Waals surface area (Å²) >= 11 is 0. The molecular weight excluding hydrogens is 349 g/mol. The van der Waals surface area contributed by atoms with E-state index in [9.17, 15) is 14.0 Å². The van der Waals surface area contributed by atoms with Gasteiger partial charge in [-0.15, -0.1) is 0 Å². The van der Waals surface area contributed by atoms with Gasteiger partial charge in [0.2, 0.25) is 5.76 Å². The average Bonchev–Trinajstić information content (AvgIpc) is 2.94. The first-order chi connectivity index (χ1) is 13.0. The SMILES string of the molecule is CN(C)CCN1C(=O)c2oc3ccc(F)cc3c(=O)c2[C@H]1c1ccccn1. The lowest BCUT2D eigenvalue weighted by atomic mass is 10.0. The van der Waals surface area contributed by atoms with Crippen molar-refractivity contribution in [2.24, 2.45) is 0 Å². The number of rotatable bonds is 4. The molecule has 6 nitrogen and oxygen atoms in total. The highest BCUT2D eigenvalue weighted by Gasteiger charge is 2.43. The first kappa shape index (κ1) is 17.4. The zero-order valence-corrected chi connectivity index (χ0v) is 15.0. The summed E-state index contributed by atoms with van der Waals surface area (Å²) < 4.78 is 19.4. The van der Waals surface area contributed by atoms with Crippen LogP contribution in [0.1, 0.15) is 27.9 Å². The molecule has 1 aromatic carbocycles. The van der Waals surface area contributed by atoms with E-state index in [1.165, 1.54) is 12.1 Å². The second-order valence-electron chi connectivity index (χ2n) is 6.77. The fourth-order valence-electron chi connectivity index (χ4n) is 3.38. The van der Waals surface area contributed by atoms with Crippen molar-refractivity contribution in [3.05, 3.63) is 75.7 Å². The van der Waals surface area contributed by atoms with Crippen LogP contribution in [0.3, 0.4) is 0 Å². The Balaban J connectivity index is 1.95. The maximum atomic E-state index is 13.7. The van der Waals surface area contributed by atoms with Gasteiger partial charge in [-0.3, -0.25) is 14.6 Å². The fourth-order valence-corrected chi connectivity index (χ4v) is 3.38. The van der Waals surface area contributed by atoms with Crippen molar-refractivity contribution in [3.8, 4) is 0 Å². The lowest BCUT2D eigenvalue weighted by Gasteiger charge is -2.25. The van der Waals surface area contributed by atoms with Gasteiger partial charge in [-0.1, -0.05) is 6.07 Å². The third kappa shape index (κ3) is 2.90. The molecule has 0 aliphatic carbocycles. The first-order valence-electron chi connectivity index (χ1n) is 8.60. The van der Waals surface area contributed by atoms with Crippen LogP contribution in [0.15, 0.2) is 51.8 Å². The number of aromatic nitrogens is 1. The molecule has 3 aromatic rings. The Hall–Kier alpha value is -3.06. The molecule has 7 heteroatoms. The molecule has 1 amide bonds. The van der Waals surface area contributed by atoms with Gasteiger partial charge in [0.05, 0.1) is 16.6 Å². The second-order valence-corrected chi connectivity index (χ2v) is 6.77. The Morgan fingerprint density at radius 3 is 2.74 bits per heavy atom. The van der Waals surface area contributed by atoms with Crippen LogP contribution >= 0.6 is 0 Å². The Labute approximate surface area is 154 Å². The second kappa shape index (κ2) is 6.59. The molecule has 0 fully saturated rings. The van der Waals surface area contributed by atoms with Crippen LogP contribution < -0.4 is 5.43 Å². The summed E-state index contributed by atoms with van der Waals surface area (Å²) in [5, 5.41) is 0.122. The lowest BCUT2D eigenvalue weighted by molar-refractivity contribution is 0.0714. The molecule has 0 bridgehead atoms. The van der Waals surface area contributed by atoms with Crippen molar-refractivity contribution >= 4 is 16.9 Å². The zero-order valence-electron chi connectivity index (χ0n) is 15.0. The van der Waals surface area contributed by atoms with Crippen molar-refractivity contribution in [2.45, 2.75) is 6.04 Å². The minimum atomic E-state index is -0.655.